The van der Waals surface area contributed by atoms with E-state index in [1.165, 1.54) is 4.52 Å². The number of hydrogen-bond acceptors (Lipinski definition) is 5. The predicted octanol–water partition coefficient (Wildman–Crippen LogP) is 6.21. The Labute approximate surface area is 245 Å². The monoisotopic (exact) mass is 606 g/mol. The summed E-state index contributed by atoms with van der Waals surface area (Å²) in [6.45, 7) is 3.87. The number of rotatable bonds is 10. The number of nitrogens with one attached hydrogen (secondary N) is 1. The number of primary amides is 1. The van der Waals surface area contributed by atoms with E-state index >= 15 is 0 Å². The number of carbonyl (C=O) groups is 2. The Hall–Kier alpha value is -3.64. The number of nitrogens with two attached hydrogens (primary N) is 1. The number of halogens is 5. The molecule has 8 nitrogen and oxygen atoms in total. The summed E-state index contributed by atoms with van der Waals surface area (Å²) in [5.74, 6) is -4.88. The highest BCUT2D eigenvalue weighted by atomic mass is 19.4. The number of pyridine rings is 1. The van der Waals surface area contributed by atoms with E-state index in [0.29, 0.717) is 28.2 Å². The zero-order chi connectivity index (χ0) is 31.1. The van der Waals surface area contributed by atoms with Gasteiger partial charge in [-0.1, -0.05) is 19.9 Å². The van der Waals surface area contributed by atoms with Crippen molar-refractivity contribution in [2.24, 2.45) is 17.6 Å². The second kappa shape index (κ2) is 11.8. The fraction of sp³-hybridized carbons (Fsp3) is 0.567. The van der Waals surface area contributed by atoms with Crippen molar-refractivity contribution in [3.05, 3.63) is 58.8 Å². The van der Waals surface area contributed by atoms with Gasteiger partial charge in [0.1, 0.15) is 5.69 Å². The van der Waals surface area contributed by atoms with Crippen LogP contribution in [0.1, 0.15) is 116 Å². The third-order valence-corrected chi connectivity index (χ3v) is 8.42. The van der Waals surface area contributed by atoms with Crippen LogP contribution in [0.15, 0.2) is 30.6 Å². The first-order valence-corrected chi connectivity index (χ1v) is 14.6. The van der Waals surface area contributed by atoms with Gasteiger partial charge >= 0.3 is 6.18 Å². The van der Waals surface area contributed by atoms with E-state index in [2.05, 4.69) is 15.4 Å². The number of fused-ring (bicyclic) bond motifs is 1. The Bertz CT molecular complexity index is 1490. The molecular formula is C30H35F5N6O2. The fourth-order valence-corrected chi connectivity index (χ4v) is 5.94. The second-order valence-electron chi connectivity index (χ2n) is 12.1. The Balaban J connectivity index is 1.50. The molecule has 2 fully saturated rings. The number of carbonyl (C=O) groups excluding carboxylic acids is 2. The lowest BCUT2D eigenvalue weighted by Gasteiger charge is -2.33. The van der Waals surface area contributed by atoms with E-state index in [-0.39, 0.29) is 49.1 Å². The van der Waals surface area contributed by atoms with Crippen LogP contribution in [0, 0.1) is 11.8 Å². The van der Waals surface area contributed by atoms with Crippen molar-refractivity contribution in [1.82, 2.24) is 24.9 Å². The molecule has 13 heteroatoms. The lowest BCUT2D eigenvalue weighted by atomic mass is 9.74. The van der Waals surface area contributed by atoms with E-state index < -0.39 is 48.7 Å². The first-order valence-electron chi connectivity index (χ1n) is 14.6. The molecule has 3 aromatic heterocycles. The molecule has 2 aliphatic carbocycles. The summed E-state index contributed by atoms with van der Waals surface area (Å²) >= 11 is 0. The average molecular weight is 607 g/mol. The zero-order valence-electron chi connectivity index (χ0n) is 24.0. The Morgan fingerprint density at radius 3 is 2.37 bits per heavy atom. The lowest BCUT2D eigenvalue weighted by Crippen LogP contribution is -2.30. The number of amides is 2. The molecule has 0 unspecified atom stereocenters. The SMILES string of the molecule is CC(C)c1ccc([C@@H](c2cn3ncc([C@H](NC(=O)CCC(F)(F)F)C4CC4)cc3n2)C2CCC(F)(F)CC2)c(C(N)=O)n1. The van der Waals surface area contributed by atoms with Crippen molar-refractivity contribution < 1.29 is 31.5 Å². The smallest absolute Gasteiger partial charge is 0.364 e. The van der Waals surface area contributed by atoms with Gasteiger partial charge < -0.3 is 11.1 Å². The van der Waals surface area contributed by atoms with E-state index in [0.717, 1.165) is 12.8 Å². The summed E-state index contributed by atoms with van der Waals surface area (Å²) in [7, 11) is 0. The van der Waals surface area contributed by atoms with Gasteiger partial charge in [0.05, 0.1) is 30.6 Å². The van der Waals surface area contributed by atoms with Crippen LogP contribution in [0.2, 0.25) is 0 Å². The van der Waals surface area contributed by atoms with Crippen molar-refractivity contribution in [3.8, 4) is 0 Å². The number of nitrogens with zero attached hydrogens (tertiary/aromatic N) is 4. The topological polar surface area (TPSA) is 115 Å². The van der Waals surface area contributed by atoms with Crippen LogP contribution >= 0.6 is 0 Å². The molecule has 0 aromatic carbocycles. The van der Waals surface area contributed by atoms with Crippen molar-refractivity contribution >= 4 is 17.5 Å². The molecule has 2 saturated carbocycles. The van der Waals surface area contributed by atoms with E-state index in [9.17, 15) is 31.5 Å². The summed E-state index contributed by atoms with van der Waals surface area (Å²) in [6.07, 6.45) is -1.57. The van der Waals surface area contributed by atoms with Crippen LogP contribution in [-0.2, 0) is 4.79 Å². The van der Waals surface area contributed by atoms with Gasteiger partial charge in [-0.05, 0) is 66.7 Å². The Morgan fingerprint density at radius 2 is 1.77 bits per heavy atom. The molecule has 3 N–H and O–H groups in total. The lowest BCUT2D eigenvalue weighted by molar-refractivity contribution is -0.144. The number of hydrogen-bond donors (Lipinski definition) is 2. The summed E-state index contributed by atoms with van der Waals surface area (Å²) in [5, 5.41) is 7.20. The highest BCUT2D eigenvalue weighted by Crippen LogP contribution is 2.46. The van der Waals surface area contributed by atoms with Crippen LogP contribution in [-0.4, -0.2) is 43.5 Å². The van der Waals surface area contributed by atoms with Gasteiger partial charge in [-0.25, -0.2) is 23.3 Å². The second-order valence-corrected chi connectivity index (χ2v) is 12.1. The first kappa shape index (κ1) is 30.8. The number of aromatic nitrogens is 4. The summed E-state index contributed by atoms with van der Waals surface area (Å²) < 4.78 is 67.7. The molecule has 0 spiro atoms. The normalized spacial score (nSPS) is 19.0. The maximum absolute atomic E-state index is 14.1. The van der Waals surface area contributed by atoms with Crippen LogP contribution in [0.5, 0.6) is 0 Å². The van der Waals surface area contributed by atoms with Crippen LogP contribution < -0.4 is 11.1 Å². The van der Waals surface area contributed by atoms with Gasteiger partial charge in [0.15, 0.2) is 5.65 Å². The minimum absolute atomic E-state index is 0.0325. The van der Waals surface area contributed by atoms with Gasteiger partial charge in [0.2, 0.25) is 11.8 Å². The third-order valence-electron chi connectivity index (χ3n) is 8.42. The van der Waals surface area contributed by atoms with Crippen LogP contribution in [0.3, 0.4) is 0 Å². The molecular weight excluding hydrogens is 571 g/mol. The standard InChI is InChI=1S/C30H35F5N6O2/c1-16(2)21-6-5-20(27(39-21)28(36)43)25(17-7-10-29(31,32)11-8-17)22-15-41-23(38-22)13-19(14-37-41)26(18-3-4-18)40-24(42)9-12-30(33,34)35/h5-6,13-18,25-26H,3-4,7-12H2,1-2H3,(H2,36,43)(H,40,42)/t25-,26+/m0/s1. The Morgan fingerprint density at radius 1 is 1.07 bits per heavy atom. The highest BCUT2D eigenvalue weighted by molar-refractivity contribution is 5.92. The summed E-state index contributed by atoms with van der Waals surface area (Å²) in [6, 6.07) is 4.81. The van der Waals surface area contributed by atoms with Crippen molar-refractivity contribution in [2.45, 2.75) is 95.2 Å². The Kier molecular flexibility index (Phi) is 8.45. The largest absolute Gasteiger partial charge is 0.389 e. The minimum Gasteiger partial charge on any atom is -0.364 e. The average Bonchev–Trinajstić information content (AvgIpc) is 3.69. The molecule has 2 amide bonds. The van der Waals surface area contributed by atoms with Gasteiger partial charge in [0, 0.05) is 30.9 Å². The molecule has 0 aliphatic heterocycles. The van der Waals surface area contributed by atoms with Gasteiger partial charge in [-0.3, -0.25) is 9.59 Å². The predicted molar refractivity (Wildman–Crippen MR) is 147 cm³/mol. The quantitative estimate of drug-likeness (QED) is 0.266. The molecule has 0 saturated heterocycles. The van der Waals surface area contributed by atoms with Gasteiger partial charge in [0.25, 0.3) is 5.91 Å². The molecule has 0 radical (unpaired) electrons. The molecule has 3 aromatic rings. The molecule has 5 rings (SSSR count). The van der Waals surface area contributed by atoms with E-state index in [1.54, 1.807) is 24.5 Å². The molecule has 2 atom stereocenters. The molecule has 232 valence electrons. The molecule has 43 heavy (non-hydrogen) atoms. The van der Waals surface area contributed by atoms with Crippen molar-refractivity contribution in [3.63, 3.8) is 0 Å². The van der Waals surface area contributed by atoms with Crippen molar-refractivity contribution in [2.75, 3.05) is 0 Å². The van der Waals surface area contributed by atoms with Gasteiger partial charge in [-0.15, -0.1) is 0 Å². The molecule has 0 bridgehead atoms. The van der Waals surface area contributed by atoms with Crippen molar-refractivity contribution in [1.29, 1.82) is 0 Å². The zero-order valence-corrected chi connectivity index (χ0v) is 24.0. The van der Waals surface area contributed by atoms with Gasteiger partial charge in [-0.2, -0.15) is 18.3 Å². The first-order chi connectivity index (χ1) is 20.2. The summed E-state index contributed by atoms with van der Waals surface area (Å²) in [5.41, 5.74) is 8.58. The molecule has 2 aliphatic rings. The maximum Gasteiger partial charge on any atom is 0.389 e. The third kappa shape index (κ3) is 7.30. The van der Waals surface area contributed by atoms with E-state index in [4.69, 9.17) is 10.7 Å². The number of alkyl halides is 5. The molecule has 3 heterocycles. The number of imidazole rings is 1. The summed E-state index contributed by atoms with van der Waals surface area (Å²) in [4.78, 5) is 34.3. The maximum atomic E-state index is 14.1. The fourth-order valence-electron chi connectivity index (χ4n) is 5.94. The van der Waals surface area contributed by atoms with E-state index in [1.807, 2.05) is 19.9 Å². The minimum atomic E-state index is -4.43. The van der Waals surface area contributed by atoms with Crippen LogP contribution in [0.4, 0.5) is 22.0 Å². The van der Waals surface area contributed by atoms with Crippen LogP contribution in [0.25, 0.3) is 5.65 Å². The highest BCUT2D eigenvalue weighted by Gasteiger charge is 2.41.